The molecule has 0 spiro atoms. The van der Waals surface area contributed by atoms with Crippen LogP contribution in [0.1, 0.15) is 35.3 Å². The van der Waals surface area contributed by atoms with Crippen LogP contribution >= 0.6 is 8.58 Å². The van der Waals surface area contributed by atoms with Crippen LogP contribution in [0, 0.1) is 0 Å². The molecule has 0 aliphatic carbocycles. The van der Waals surface area contributed by atoms with Crippen molar-refractivity contribution in [2.45, 2.75) is 24.2 Å². The van der Waals surface area contributed by atoms with Crippen molar-refractivity contribution in [3.05, 3.63) is 71.8 Å². The van der Waals surface area contributed by atoms with E-state index < -0.39 is 0 Å². The van der Waals surface area contributed by atoms with Crippen molar-refractivity contribution in [3.63, 3.8) is 0 Å². The van der Waals surface area contributed by atoms with Crippen molar-refractivity contribution in [1.29, 1.82) is 0 Å². The van der Waals surface area contributed by atoms with Gasteiger partial charge in [-0.25, -0.2) is 0 Å². The van der Waals surface area contributed by atoms with E-state index in [1.807, 2.05) is 0 Å². The largest absolute Gasteiger partial charge is 0.107 e. The van der Waals surface area contributed by atoms with E-state index in [4.69, 9.17) is 0 Å². The van der Waals surface area contributed by atoms with E-state index in [0.717, 1.165) is 19.9 Å². The molecule has 0 aromatic heterocycles. The molecule has 0 bridgehead atoms. The van der Waals surface area contributed by atoms with Crippen molar-refractivity contribution in [3.8, 4) is 0 Å². The standard InChI is InChI=1S/C16H17P.Rh/c1-3-7-13(8-4-1)15-11-12-16(17-15)14-9-5-2-6-10-14;/h1-10,15-17H,11-12H2;/t15-,16-;/m1./s1. The predicted octanol–water partition coefficient (Wildman–Crippen LogP) is 4.94. The Labute approximate surface area is 124 Å². The zero-order valence-electron chi connectivity index (χ0n) is 10.2. The molecule has 0 amide bonds. The fourth-order valence-corrected chi connectivity index (χ4v) is 4.56. The van der Waals surface area contributed by atoms with Crippen LogP contribution in [0.2, 0.25) is 0 Å². The van der Waals surface area contributed by atoms with E-state index in [1.54, 1.807) is 0 Å². The first-order valence-electron chi connectivity index (χ1n) is 6.29. The van der Waals surface area contributed by atoms with Crippen molar-refractivity contribution >= 4 is 8.58 Å². The molecule has 0 N–H and O–H groups in total. The van der Waals surface area contributed by atoms with Crippen LogP contribution in [0.4, 0.5) is 0 Å². The molecule has 2 aromatic rings. The van der Waals surface area contributed by atoms with Crippen molar-refractivity contribution in [2.24, 2.45) is 0 Å². The Morgan fingerprint density at radius 3 is 1.44 bits per heavy atom. The first-order chi connectivity index (χ1) is 8.43. The Kier molecular flexibility index (Phi) is 5.10. The molecule has 2 heteroatoms. The maximum Gasteiger partial charge on any atom is 0.00200 e. The molecule has 0 saturated carbocycles. The fourth-order valence-electron chi connectivity index (χ4n) is 2.64. The SMILES string of the molecule is [Rh].c1ccc([C@H]2CC[C@H](c3ccccc3)P2)cc1. The van der Waals surface area contributed by atoms with Crippen molar-refractivity contribution in [2.75, 3.05) is 0 Å². The monoisotopic (exact) mass is 343 g/mol. The topological polar surface area (TPSA) is 0 Å². The summed E-state index contributed by atoms with van der Waals surface area (Å²) in [5.41, 5.74) is 4.65. The van der Waals surface area contributed by atoms with Crippen LogP contribution in [-0.2, 0) is 19.5 Å². The average Bonchev–Trinajstić information content (AvgIpc) is 2.90. The van der Waals surface area contributed by atoms with Gasteiger partial charge in [0, 0.05) is 30.8 Å². The van der Waals surface area contributed by atoms with E-state index in [2.05, 4.69) is 60.7 Å². The molecule has 2 aromatic carbocycles. The van der Waals surface area contributed by atoms with E-state index >= 15 is 0 Å². The summed E-state index contributed by atoms with van der Waals surface area (Å²) in [6.07, 6.45) is 2.70. The number of rotatable bonds is 2. The second-order valence-electron chi connectivity index (χ2n) is 4.67. The third-order valence-electron chi connectivity index (χ3n) is 3.55. The molecular formula is C16H17PRh. The molecule has 0 nitrogen and oxygen atoms in total. The van der Waals surface area contributed by atoms with Gasteiger partial charge in [-0.05, 0) is 24.0 Å². The second kappa shape index (κ2) is 6.60. The maximum absolute atomic E-state index is 2.28. The molecule has 1 saturated heterocycles. The van der Waals surface area contributed by atoms with Gasteiger partial charge in [0.25, 0.3) is 0 Å². The van der Waals surface area contributed by atoms with Crippen LogP contribution in [0.3, 0.4) is 0 Å². The summed E-state index contributed by atoms with van der Waals surface area (Å²) < 4.78 is 0. The Morgan fingerprint density at radius 2 is 1.06 bits per heavy atom. The zero-order chi connectivity index (χ0) is 11.5. The van der Waals surface area contributed by atoms with Crippen LogP contribution < -0.4 is 0 Å². The van der Waals surface area contributed by atoms with Crippen LogP contribution in [0.5, 0.6) is 0 Å². The molecule has 0 unspecified atom stereocenters. The Hall–Kier alpha value is -0.507. The van der Waals surface area contributed by atoms with Crippen LogP contribution in [0.15, 0.2) is 60.7 Å². The van der Waals surface area contributed by atoms with Crippen molar-refractivity contribution < 1.29 is 19.5 Å². The van der Waals surface area contributed by atoms with E-state index in [0.29, 0.717) is 0 Å². The average molecular weight is 343 g/mol. The van der Waals surface area contributed by atoms with Crippen LogP contribution in [-0.4, -0.2) is 0 Å². The minimum atomic E-state index is 0. The zero-order valence-corrected chi connectivity index (χ0v) is 12.8. The normalized spacial score (nSPS) is 22.4. The van der Waals surface area contributed by atoms with Gasteiger partial charge in [-0.3, -0.25) is 0 Å². The molecule has 1 fully saturated rings. The maximum atomic E-state index is 2.28. The van der Waals surface area contributed by atoms with Gasteiger partial charge in [0.15, 0.2) is 0 Å². The summed E-state index contributed by atoms with van der Waals surface area (Å²) in [6, 6.07) is 22.0. The number of benzene rings is 2. The minimum absolute atomic E-state index is 0. The van der Waals surface area contributed by atoms with Crippen LogP contribution in [0.25, 0.3) is 0 Å². The summed E-state index contributed by atoms with van der Waals surface area (Å²) in [5, 5.41) is 0. The summed E-state index contributed by atoms with van der Waals surface area (Å²) in [4.78, 5) is 0. The van der Waals surface area contributed by atoms with Gasteiger partial charge < -0.3 is 0 Å². The third-order valence-corrected chi connectivity index (χ3v) is 5.60. The van der Waals surface area contributed by atoms with E-state index in [-0.39, 0.29) is 19.5 Å². The molecule has 18 heavy (non-hydrogen) atoms. The third kappa shape index (κ3) is 3.08. The summed E-state index contributed by atoms with van der Waals surface area (Å²) in [6.45, 7) is 0. The number of hydrogen-bond acceptors (Lipinski definition) is 0. The van der Waals surface area contributed by atoms with E-state index in [9.17, 15) is 0 Å². The quantitative estimate of drug-likeness (QED) is 0.535. The Balaban J connectivity index is 0.00000120. The summed E-state index contributed by atoms with van der Waals surface area (Å²) in [5.74, 6) is 0. The predicted molar refractivity (Wildman–Crippen MR) is 75.9 cm³/mol. The smallest absolute Gasteiger partial charge is 0.00200 e. The molecule has 2 atom stereocenters. The Morgan fingerprint density at radius 1 is 0.667 bits per heavy atom. The van der Waals surface area contributed by atoms with Gasteiger partial charge in [-0.2, -0.15) is 0 Å². The van der Waals surface area contributed by atoms with Gasteiger partial charge in [-0.1, -0.05) is 60.7 Å². The van der Waals surface area contributed by atoms with Crippen molar-refractivity contribution in [1.82, 2.24) is 0 Å². The second-order valence-corrected chi connectivity index (χ2v) is 6.40. The van der Waals surface area contributed by atoms with Gasteiger partial charge in [0.05, 0.1) is 0 Å². The molecule has 1 radical (unpaired) electrons. The van der Waals surface area contributed by atoms with Gasteiger partial charge in [0.2, 0.25) is 0 Å². The molecule has 1 aliphatic rings. The number of hydrogen-bond donors (Lipinski definition) is 0. The molecule has 95 valence electrons. The summed E-state index contributed by atoms with van der Waals surface area (Å²) >= 11 is 0. The van der Waals surface area contributed by atoms with Gasteiger partial charge in [-0.15, -0.1) is 8.58 Å². The fraction of sp³-hybridized carbons (Fsp3) is 0.250. The molecule has 1 heterocycles. The first kappa shape index (κ1) is 13.9. The van der Waals surface area contributed by atoms with E-state index in [1.165, 1.54) is 24.0 Å². The minimum Gasteiger partial charge on any atom is -0.107 e. The molecule has 3 rings (SSSR count). The van der Waals surface area contributed by atoms with Gasteiger partial charge in [0.1, 0.15) is 0 Å². The Bertz CT molecular complexity index is 423. The molecule has 1 aliphatic heterocycles. The molecular weight excluding hydrogens is 326 g/mol. The first-order valence-corrected chi connectivity index (χ1v) is 7.45. The summed E-state index contributed by atoms with van der Waals surface area (Å²) in [7, 11) is 1.05. The van der Waals surface area contributed by atoms with Gasteiger partial charge >= 0.3 is 0 Å².